The van der Waals surface area contributed by atoms with E-state index in [0.717, 1.165) is 0 Å². The quantitative estimate of drug-likeness (QED) is 0.347. The molecule has 0 fully saturated rings. The van der Waals surface area contributed by atoms with Gasteiger partial charge in [-0.2, -0.15) is 0 Å². The van der Waals surface area contributed by atoms with Crippen molar-refractivity contribution in [2.24, 2.45) is 0 Å². The predicted molar refractivity (Wildman–Crippen MR) is 109 cm³/mol. The van der Waals surface area contributed by atoms with Crippen LogP contribution in [0.1, 0.15) is 114 Å². The summed E-state index contributed by atoms with van der Waals surface area (Å²) >= 11 is 0. The minimum Gasteiger partial charge on any atom is -0.478 e. The molecule has 1 aromatic carbocycles. The summed E-state index contributed by atoms with van der Waals surface area (Å²) in [6.07, 6.45) is 20.4. The van der Waals surface area contributed by atoms with E-state index in [0.29, 0.717) is 5.56 Å². The molecule has 0 saturated carbocycles. The standard InChI is InChI=1S/C16H34.C7H6O2/c1-3-5-7-9-11-13-15-16-14-12-10-8-6-4-2;8-7(9)6-4-2-1-3-5-6/h3-16H2,1-2H3;1-5H,(H,8,9). The van der Waals surface area contributed by atoms with Gasteiger partial charge in [0.05, 0.1) is 5.56 Å². The summed E-state index contributed by atoms with van der Waals surface area (Å²) in [6.45, 7) is 4.58. The van der Waals surface area contributed by atoms with Crippen LogP contribution in [-0.2, 0) is 0 Å². The van der Waals surface area contributed by atoms with Crippen molar-refractivity contribution in [2.75, 3.05) is 0 Å². The van der Waals surface area contributed by atoms with Crippen molar-refractivity contribution in [1.82, 2.24) is 0 Å². The second kappa shape index (κ2) is 19.0. The summed E-state index contributed by atoms with van der Waals surface area (Å²) < 4.78 is 0. The van der Waals surface area contributed by atoms with Gasteiger partial charge in [0.25, 0.3) is 0 Å². The lowest BCUT2D eigenvalue weighted by Crippen LogP contribution is -1.93. The first kappa shape index (κ1) is 23.7. The summed E-state index contributed by atoms with van der Waals surface area (Å²) in [7, 11) is 0. The maximum atomic E-state index is 10.2. The van der Waals surface area contributed by atoms with Crippen LogP contribution >= 0.6 is 0 Å². The fourth-order valence-electron chi connectivity index (χ4n) is 2.85. The highest BCUT2D eigenvalue weighted by Crippen LogP contribution is 2.12. The molecular weight excluding hydrogens is 308 g/mol. The molecular formula is C23H40O2. The van der Waals surface area contributed by atoms with E-state index < -0.39 is 5.97 Å². The van der Waals surface area contributed by atoms with E-state index >= 15 is 0 Å². The van der Waals surface area contributed by atoms with Crippen LogP contribution in [0.15, 0.2) is 30.3 Å². The Kier molecular flexibility index (Phi) is 18.0. The van der Waals surface area contributed by atoms with E-state index in [1.807, 2.05) is 0 Å². The van der Waals surface area contributed by atoms with Crippen LogP contribution in [0.4, 0.5) is 0 Å². The van der Waals surface area contributed by atoms with Gasteiger partial charge in [-0.15, -0.1) is 0 Å². The maximum Gasteiger partial charge on any atom is 0.335 e. The number of aromatic carboxylic acids is 1. The zero-order valence-corrected chi connectivity index (χ0v) is 16.6. The van der Waals surface area contributed by atoms with Crippen LogP contribution < -0.4 is 0 Å². The van der Waals surface area contributed by atoms with Crippen molar-refractivity contribution in [3.8, 4) is 0 Å². The summed E-state index contributed by atoms with van der Waals surface area (Å²) in [6, 6.07) is 8.30. The Balaban J connectivity index is 0.000000535. The second-order valence-electron chi connectivity index (χ2n) is 6.91. The first-order valence-corrected chi connectivity index (χ1v) is 10.5. The predicted octanol–water partition coefficient (Wildman–Crippen LogP) is 7.87. The number of carboxylic acids is 1. The number of unbranched alkanes of at least 4 members (excludes halogenated alkanes) is 13. The van der Waals surface area contributed by atoms with Crippen molar-refractivity contribution < 1.29 is 9.90 Å². The van der Waals surface area contributed by atoms with E-state index in [9.17, 15) is 4.79 Å². The number of hydrogen-bond donors (Lipinski definition) is 1. The van der Waals surface area contributed by atoms with Crippen LogP contribution in [0, 0.1) is 0 Å². The monoisotopic (exact) mass is 348 g/mol. The van der Waals surface area contributed by atoms with Crippen molar-refractivity contribution in [1.29, 1.82) is 0 Å². The molecule has 0 unspecified atom stereocenters. The molecule has 0 heterocycles. The van der Waals surface area contributed by atoms with Gasteiger partial charge in [-0.05, 0) is 12.1 Å². The number of benzene rings is 1. The summed E-state index contributed by atoms with van der Waals surface area (Å²) in [4.78, 5) is 10.2. The molecule has 1 aromatic rings. The highest BCUT2D eigenvalue weighted by Gasteiger charge is 1.96. The smallest absolute Gasteiger partial charge is 0.335 e. The van der Waals surface area contributed by atoms with E-state index in [4.69, 9.17) is 5.11 Å². The molecule has 2 nitrogen and oxygen atoms in total. The molecule has 0 saturated heterocycles. The molecule has 144 valence electrons. The second-order valence-corrected chi connectivity index (χ2v) is 6.91. The molecule has 25 heavy (non-hydrogen) atoms. The van der Waals surface area contributed by atoms with Crippen LogP contribution in [0.3, 0.4) is 0 Å². The summed E-state index contributed by atoms with van der Waals surface area (Å²) in [5.41, 5.74) is 0.331. The maximum absolute atomic E-state index is 10.2. The van der Waals surface area contributed by atoms with Crippen LogP contribution in [0.25, 0.3) is 0 Å². The molecule has 0 aliphatic heterocycles. The Morgan fingerprint density at radius 1 is 0.640 bits per heavy atom. The molecule has 0 spiro atoms. The Morgan fingerprint density at radius 3 is 1.20 bits per heavy atom. The topological polar surface area (TPSA) is 37.3 Å². The molecule has 0 aliphatic rings. The minimum absolute atomic E-state index is 0.331. The fourth-order valence-corrected chi connectivity index (χ4v) is 2.85. The Hall–Kier alpha value is -1.31. The summed E-state index contributed by atoms with van der Waals surface area (Å²) in [5, 5.41) is 8.38. The molecule has 0 radical (unpaired) electrons. The van der Waals surface area contributed by atoms with Crippen LogP contribution in [0.2, 0.25) is 0 Å². The minimum atomic E-state index is -0.879. The lowest BCUT2D eigenvalue weighted by Gasteiger charge is -2.02. The number of hydrogen-bond acceptors (Lipinski definition) is 1. The zero-order valence-electron chi connectivity index (χ0n) is 16.6. The van der Waals surface area contributed by atoms with Gasteiger partial charge in [0.2, 0.25) is 0 Å². The van der Waals surface area contributed by atoms with Crippen molar-refractivity contribution in [3.05, 3.63) is 35.9 Å². The van der Waals surface area contributed by atoms with E-state index in [-0.39, 0.29) is 0 Å². The molecule has 0 aliphatic carbocycles. The molecule has 0 aromatic heterocycles. The van der Waals surface area contributed by atoms with Crippen molar-refractivity contribution in [3.63, 3.8) is 0 Å². The molecule has 0 bridgehead atoms. The first-order valence-electron chi connectivity index (χ1n) is 10.5. The SMILES string of the molecule is CCCCCCCCCCCCCCCC.O=C(O)c1ccccc1. The molecule has 0 amide bonds. The van der Waals surface area contributed by atoms with Gasteiger partial charge in [-0.3, -0.25) is 0 Å². The van der Waals surface area contributed by atoms with E-state index in [1.165, 1.54) is 89.9 Å². The number of carbonyl (C=O) groups is 1. The van der Waals surface area contributed by atoms with E-state index in [1.54, 1.807) is 30.3 Å². The normalized spacial score (nSPS) is 10.2. The lowest BCUT2D eigenvalue weighted by molar-refractivity contribution is 0.0697. The fraction of sp³-hybridized carbons (Fsp3) is 0.696. The average molecular weight is 349 g/mol. The highest BCUT2D eigenvalue weighted by atomic mass is 16.4. The molecule has 1 N–H and O–H groups in total. The first-order chi connectivity index (χ1) is 12.2. The Morgan fingerprint density at radius 2 is 0.960 bits per heavy atom. The van der Waals surface area contributed by atoms with Gasteiger partial charge in [0, 0.05) is 0 Å². The highest BCUT2D eigenvalue weighted by molar-refractivity contribution is 5.87. The van der Waals surface area contributed by atoms with Crippen LogP contribution in [-0.4, -0.2) is 11.1 Å². The van der Waals surface area contributed by atoms with Gasteiger partial charge in [-0.25, -0.2) is 4.79 Å². The van der Waals surface area contributed by atoms with Gasteiger partial charge in [-0.1, -0.05) is 122 Å². The summed E-state index contributed by atoms with van der Waals surface area (Å²) in [5.74, 6) is -0.879. The largest absolute Gasteiger partial charge is 0.478 e. The Bertz CT molecular complexity index is 372. The zero-order chi connectivity index (χ0) is 18.6. The van der Waals surface area contributed by atoms with Crippen molar-refractivity contribution in [2.45, 2.75) is 104 Å². The number of carboxylic acid groups (broad SMARTS) is 1. The van der Waals surface area contributed by atoms with Gasteiger partial charge in [0.15, 0.2) is 0 Å². The third kappa shape index (κ3) is 17.3. The molecule has 2 heteroatoms. The third-order valence-corrected chi connectivity index (χ3v) is 4.48. The molecule has 0 atom stereocenters. The average Bonchev–Trinajstić information content (AvgIpc) is 2.64. The molecule has 1 rings (SSSR count). The van der Waals surface area contributed by atoms with Gasteiger partial charge < -0.3 is 5.11 Å². The van der Waals surface area contributed by atoms with Gasteiger partial charge >= 0.3 is 5.97 Å². The van der Waals surface area contributed by atoms with E-state index in [2.05, 4.69) is 13.8 Å². The Labute approximate surface area is 156 Å². The van der Waals surface area contributed by atoms with Gasteiger partial charge in [0.1, 0.15) is 0 Å². The third-order valence-electron chi connectivity index (χ3n) is 4.48. The van der Waals surface area contributed by atoms with Crippen molar-refractivity contribution >= 4 is 5.97 Å². The lowest BCUT2D eigenvalue weighted by atomic mass is 10.0. The number of rotatable bonds is 14. The van der Waals surface area contributed by atoms with Crippen LogP contribution in [0.5, 0.6) is 0 Å².